The fourth-order valence-corrected chi connectivity index (χ4v) is 6.32. The van der Waals surface area contributed by atoms with Gasteiger partial charge in [0.1, 0.15) is 23.2 Å². The third-order valence-electron chi connectivity index (χ3n) is 7.40. The summed E-state index contributed by atoms with van der Waals surface area (Å²) in [5.41, 5.74) is -1.63. The number of ether oxygens (including phenoxy) is 1. The maximum atomic E-state index is 15.3. The lowest BCUT2D eigenvalue weighted by molar-refractivity contribution is -0.149. The average molecular weight is 726 g/mol. The number of nitrogens with zero attached hydrogens (tertiary/aromatic N) is 2. The number of carbonyl (C=O) groups excluding carboxylic acids is 3. The second-order valence-electron chi connectivity index (χ2n) is 12.3. The molecule has 3 aromatic carbocycles. The highest BCUT2D eigenvalue weighted by molar-refractivity contribution is 7.92. The van der Waals surface area contributed by atoms with Gasteiger partial charge in [-0.05, 0) is 88.2 Å². The zero-order chi connectivity index (χ0) is 37.8. The molecule has 0 saturated carbocycles. The first-order valence-corrected chi connectivity index (χ1v) is 17.2. The first kappa shape index (κ1) is 38.2. The van der Waals surface area contributed by atoms with Crippen LogP contribution in [0.25, 0.3) is 5.69 Å². The van der Waals surface area contributed by atoms with E-state index < -0.39 is 74.1 Å². The lowest BCUT2D eigenvalue weighted by Crippen LogP contribution is -2.44. The van der Waals surface area contributed by atoms with Gasteiger partial charge in [-0.2, -0.15) is 0 Å². The second kappa shape index (κ2) is 15.5. The standard InChI is InChI=1S/C35H37F2N5O8S/c1-19(2)38-32(44)23-9-12-29(21(5)15-23)51(48,49)40-24-17-26(36)31(27(37)18-24)33(45)39-28(34(46)50-20(3)4)16-22-7-10-25(11-8-22)42-30(43)13-14-41(6)35(42)47/h7-15,17-20,28,40H,16H2,1-6H3,(H,38,44)(H,39,45)/t28-/m0/s1. The maximum absolute atomic E-state index is 15.3. The van der Waals surface area contributed by atoms with E-state index in [2.05, 4.69) is 15.4 Å². The molecular weight excluding hydrogens is 688 g/mol. The van der Waals surface area contributed by atoms with Crippen molar-refractivity contribution >= 4 is 33.5 Å². The molecule has 0 aliphatic rings. The minimum Gasteiger partial charge on any atom is -0.461 e. The van der Waals surface area contributed by atoms with Gasteiger partial charge in [0.25, 0.3) is 27.4 Å². The Bertz CT molecular complexity index is 2190. The van der Waals surface area contributed by atoms with Crippen molar-refractivity contribution in [2.75, 3.05) is 4.72 Å². The molecule has 1 atom stereocenters. The minimum atomic E-state index is -4.39. The molecule has 270 valence electrons. The monoisotopic (exact) mass is 725 g/mol. The van der Waals surface area contributed by atoms with Crippen LogP contribution in [-0.2, 0) is 33.0 Å². The number of benzene rings is 3. The summed E-state index contributed by atoms with van der Waals surface area (Å²) in [5.74, 6) is -5.46. The van der Waals surface area contributed by atoms with E-state index in [9.17, 15) is 32.4 Å². The highest BCUT2D eigenvalue weighted by Crippen LogP contribution is 2.24. The largest absolute Gasteiger partial charge is 0.461 e. The first-order valence-electron chi connectivity index (χ1n) is 15.7. The van der Waals surface area contributed by atoms with Crippen molar-refractivity contribution in [1.82, 2.24) is 19.8 Å². The fourth-order valence-electron chi connectivity index (χ4n) is 5.06. The fraction of sp³-hybridized carbons (Fsp3) is 0.286. The maximum Gasteiger partial charge on any atom is 0.335 e. The summed E-state index contributed by atoms with van der Waals surface area (Å²) in [6.07, 6.45) is 0.537. The Morgan fingerprint density at radius 3 is 2.06 bits per heavy atom. The molecule has 0 radical (unpaired) electrons. The lowest BCUT2D eigenvalue weighted by Gasteiger charge is -2.20. The molecular formula is C35H37F2N5O8S. The number of anilines is 1. The van der Waals surface area contributed by atoms with Crippen molar-refractivity contribution in [2.24, 2.45) is 7.05 Å². The summed E-state index contributed by atoms with van der Waals surface area (Å²) in [6.45, 7) is 8.14. The van der Waals surface area contributed by atoms with Crippen LogP contribution in [0.2, 0.25) is 0 Å². The van der Waals surface area contributed by atoms with Gasteiger partial charge in [0.05, 0.1) is 22.4 Å². The van der Waals surface area contributed by atoms with Gasteiger partial charge in [-0.3, -0.25) is 19.1 Å². The smallest absolute Gasteiger partial charge is 0.335 e. The molecule has 3 N–H and O–H groups in total. The van der Waals surface area contributed by atoms with Crippen molar-refractivity contribution < 1.29 is 36.3 Å². The van der Waals surface area contributed by atoms with Gasteiger partial charge < -0.3 is 19.9 Å². The number of rotatable bonds is 12. The predicted octanol–water partition coefficient (Wildman–Crippen LogP) is 3.35. The quantitative estimate of drug-likeness (QED) is 0.187. The number of amides is 2. The Labute approximate surface area is 292 Å². The molecule has 0 unspecified atom stereocenters. The van der Waals surface area contributed by atoms with E-state index in [4.69, 9.17) is 4.74 Å². The zero-order valence-corrected chi connectivity index (χ0v) is 29.4. The Morgan fingerprint density at radius 1 is 0.863 bits per heavy atom. The second-order valence-corrected chi connectivity index (χ2v) is 13.9. The summed E-state index contributed by atoms with van der Waals surface area (Å²) in [5, 5.41) is 4.99. The molecule has 51 heavy (non-hydrogen) atoms. The molecule has 0 bridgehead atoms. The van der Waals surface area contributed by atoms with Crippen LogP contribution in [0, 0.1) is 18.6 Å². The van der Waals surface area contributed by atoms with Crippen molar-refractivity contribution in [3.8, 4) is 5.69 Å². The number of hydrogen-bond acceptors (Lipinski definition) is 8. The zero-order valence-electron chi connectivity index (χ0n) is 28.6. The molecule has 1 aromatic heterocycles. The molecule has 4 aromatic rings. The third kappa shape index (κ3) is 9.13. The number of halogens is 2. The molecule has 0 aliphatic heterocycles. The first-order chi connectivity index (χ1) is 23.9. The van der Waals surface area contributed by atoms with Crippen molar-refractivity contribution in [2.45, 2.75) is 64.1 Å². The van der Waals surface area contributed by atoms with Gasteiger partial charge >= 0.3 is 11.7 Å². The number of sulfonamides is 1. The topological polar surface area (TPSA) is 175 Å². The molecule has 2 amide bonds. The van der Waals surface area contributed by atoms with Gasteiger partial charge in [-0.1, -0.05) is 12.1 Å². The van der Waals surface area contributed by atoms with E-state index in [0.29, 0.717) is 17.7 Å². The summed E-state index contributed by atoms with van der Waals surface area (Å²) >= 11 is 0. The van der Waals surface area contributed by atoms with E-state index in [1.807, 2.05) is 0 Å². The van der Waals surface area contributed by atoms with Crippen LogP contribution in [0.1, 0.15) is 59.5 Å². The molecule has 0 saturated heterocycles. The Balaban J connectivity index is 1.55. The highest BCUT2D eigenvalue weighted by Gasteiger charge is 2.28. The molecule has 0 aliphatic carbocycles. The summed E-state index contributed by atoms with van der Waals surface area (Å²) in [6, 6.07) is 10.7. The molecule has 4 rings (SSSR count). The van der Waals surface area contributed by atoms with Gasteiger partial charge in [-0.25, -0.2) is 31.4 Å². The Hall–Kier alpha value is -5.64. The van der Waals surface area contributed by atoms with E-state index in [1.165, 1.54) is 73.3 Å². The summed E-state index contributed by atoms with van der Waals surface area (Å²) in [4.78, 5) is 63.0. The molecule has 0 spiro atoms. The van der Waals surface area contributed by atoms with Crippen LogP contribution >= 0.6 is 0 Å². The third-order valence-corrected chi connectivity index (χ3v) is 8.94. The summed E-state index contributed by atoms with van der Waals surface area (Å²) < 4.78 is 66.4. The van der Waals surface area contributed by atoms with Gasteiger partial charge in [0, 0.05) is 37.3 Å². The van der Waals surface area contributed by atoms with Crippen LogP contribution in [0.4, 0.5) is 14.5 Å². The molecule has 1 heterocycles. The number of nitrogens with one attached hydrogen (secondary N) is 3. The van der Waals surface area contributed by atoms with Gasteiger partial charge in [0.15, 0.2) is 0 Å². The average Bonchev–Trinajstić information content (AvgIpc) is 3.02. The van der Waals surface area contributed by atoms with E-state index >= 15 is 8.78 Å². The number of hydrogen-bond donors (Lipinski definition) is 3. The highest BCUT2D eigenvalue weighted by atomic mass is 32.2. The van der Waals surface area contributed by atoms with Crippen molar-refractivity contribution in [3.05, 3.63) is 122 Å². The summed E-state index contributed by atoms with van der Waals surface area (Å²) in [7, 11) is -2.91. The predicted molar refractivity (Wildman–Crippen MR) is 184 cm³/mol. The molecule has 0 fully saturated rings. The van der Waals surface area contributed by atoms with Crippen LogP contribution in [0.15, 0.2) is 81.3 Å². The number of aromatic nitrogens is 2. The Kier molecular flexibility index (Phi) is 11.6. The Morgan fingerprint density at radius 2 is 1.49 bits per heavy atom. The van der Waals surface area contributed by atoms with Crippen LogP contribution < -0.4 is 26.6 Å². The van der Waals surface area contributed by atoms with Crippen LogP contribution in [-0.4, -0.2) is 53.5 Å². The van der Waals surface area contributed by atoms with Crippen LogP contribution in [0.3, 0.4) is 0 Å². The van der Waals surface area contributed by atoms with Gasteiger partial charge in [-0.15, -0.1) is 0 Å². The minimum absolute atomic E-state index is 0.150. The van der Waals surface area contributed by atoms with Crippen molar-refractivity contribution in [3.63, 3.8) is 0 Å². The number of carbonyl (C=O) groups is 3. The van der Waals surface area contributed by atoms with Crippen molar-refractivity contribution in [1.29, 1.82) is 0 Å². The van der Waals surface area contributed by atoms with Gasteiger partial charge in [0.2, 0.25) is 0 Å². The molecule has 13 nitrogen and oxygen atoms in total. The van der Waals surface area contributed by atoms with E-state index in [1.54, 1.807) is 27.7 Å². The number of esters is 1. The normalized spacial score (nSPS) is 12.0. The molecule has 16 heteroatoms. The van der Waals surface area contributed by atoms with Crippen LogP contribution in [0.5, 0.6) is 0 Å². The van der Waals surface area contributed by atoms with E-state index in [-0.39, 0.29) is 34.2 Å². The number of aryl methyl sites for hydroxylation is 2. The lowest BCUT2D eigenvalue weighted by atomic mass is 10.0. The van der Waals surface area contributed by atoms with E-state index in [0.717, 1.165) is 4.57 Å². The SMILES string of the molecule is Cc1cc(C(=O)NC(C)C)ccc1S(=O)(=O)Nc1cc(F)c(C(=O)N[C@@H](Cc2ccc(-n3c(=O)ccn(C)c3=O)cc2)C(=O)OC(C)C)c(F)c1.